The van der Waals surface area contributed by atoms with Gasteiger partial charge in [-0.3, -0.25) is 0 Å². The number of ether oxygens (including phenoxy) is 1. The van der Waals surface area contributed by atoms with Gasteiger partial charge in [-0.15, -0.1) is 13.2 Å². The maximum atomic E-state index is 12.6. The molecule has 1 heterocycles. The summed E-state index contributed by atoms with van der Waals surface area (Å²) >= 11 is 4.93. The number of pyridine rings is 1. The summed E-state index contributed by atoms with van der Waals surface area (Å²) in [5.74, 6) is -3.41. The smallest absolute Gasteiger partial charge is 0.405 e. The monoisotopic (exact) mass is 283 g/mol. The Morgan fingerprint density at radius 2 is 1.65 bits per heavy atom. The van der Waals surface area contributed by atoms with Crippen molar-refractivity contribution in [2.45, 2.75) is 12.5 Å². The number of halogens is 8. The SMILES string of the molecule is Fc1cc(OC(F)(F)F)c(C(F)(F)F)c(Cl)n1. The van der Waals surface area contributed by atoms with E-state index in [0.717, 1.165) is 0 Å². The molecule has 0 aliphatic rings. The number of aromatic nitrogens is 1. The Hall–Kier alpha value is -1.25. The number of hydrogen-bond donors (Lipinski definition) is 0. The maximum Gasteiger partial charge on any atom is 0.573 e. The van der Waals surface area contributed by atoms with Crippen molar-refractivity contribution < 1.29 is 35.5 Å². The maximum absolute atomic E-state index is 12.6. The highest BCUT2D eigenvalue weighted by molar-refractivity contribution is 6.30. The van der Waals surface area contributed by atoms with Gasteiger partial charge < -0.3 is 4.74 Å². The van der Waals surface area contributed by atoms with Crippen LogP contribution in [0.3, 0.4) is 0 Å². The average Bonchev–Trinajstić information content (AvgIpc) is 1.94. The molecule has 96 valence electrons. The third-order valence-electron chi connectivity index (χ3n) is 1.42. The number of rotatable bonds is 1. The Balaban J connectivity index is 3.36. The lowest BCUT2D eigenvalue weighted by Gasteiger charge is -2.15. The number of alkyl halides is 6. The highest BCUT2D eigenvalue weighted by atomic mass is 35.5. The Kier molecular flexibility index (Phi) is 3.42. The average molecular weight is 284 g/mol. The highest BCUT2D eigenvalue weighted by Gasteiger charge is 2.42. The Bertz CT molecular complexity index is 427. The van der Waals surface area contributed by atoms with E-state index in [1.165, 1.54) is 0 Å². The van der Waals surface area contributed by atoms with Crippen LogP contribution in [0, 0.1) is 5.95 Å². The van der Waals surface area contributed by atoms with Gasteiger partial charge >= 0.3 is 12.5 Å². The van der Waals surface area contributed by atoms with Crippen LogP contribution in [0.5, 0.6) is 5.75 Å². The van der Waals surface area contributed by atoms with Gasteiger partial charge in [-0.25, -0.2) is 4.98 Å². The quantitative estimate of drug-likeness (QED) is 0.578. The summed E-state index contributed by atoms with van der Waals surface area (Å²) < 4.78 is 88.0. The van der Waals surface area contributed by atoms with E-state index in [2.05, 4.69) is 9.72 Å². The van der Waals surface area contributed by atoms with Gasteiger partial charge in [-0.1, -0.05) is 11.6 Å². The molecule has 0 saturated heterocycles. The van der Waals surface area contributed by atoms with E-state index in [4.69, 9.17) is 11.6 Å². The lowest BCUT2D eigenvalue weighted by molar-refractivity contribution is -0.276. The van der Waals surface area contributed by atoms with Crippen molar-refractivity contribution in [3.8, 4) is 5.75 Å². The fourth-order valence-corrected chi connectivity index (χ4v) is 1.21. The molecule has 0 bridgehead atoms. The summed E-state index contributed by atoms with van der Waals surface area (Å²) in [6.07, 6.45) is -10.7. The van der Waals surface area contributed by atoms with Gasteiger partial charge in [0.05, 0.1) is 0 Å². The van der Waals surface area contributed by atoms with E-state index in [1.54, 1.807) is 0 Å². The molecule has 10 heteroatoms. The van der Waals surface area contributed by atoms with Crippen LogP contribution < -0.4 is 4.74 Å². The molecule has 2 nitrogen and oxygen atoms in total. The van der Waals surface area contributed by atoms with Crippen LogP contribution in [0.25, 0.3) is 0 Å². The van der Waals surface area contributed by atoms with Gasteiger partial charge in [-0.2, -0.15) is 17.6 Å². The summed E-state index contributed by atoms with van der Waals surface area (Å²) in [5.41, 5.74) is -1.99. The van der Waals surface area contributed by atoms with Crippen molar-refractivity contribution >= 4 is 11.6 Å². The second-order valence-electron chi connectivity index (χ2n) is 2.65. The molecule has 0 aliphatic heterocycles. The van der Waals surface area contributed by atoms with Crippen LogP contribution in [-0.2, 0) is 6.18 Å². The van der Waals surface area contributed by atoms with Crippen LogP contribution in [0.15, 0.2) is 6.07 Å². The van der Waals surface area contributed by atoms with Gasteiger partial charge in [0.15, 0.2) is 0 Å². The molecule has 1 aromatic heterocycles. The molecule has 0 aromatic carbocycles. The standard InChI is InChI=1S/C7HClF7NO/c8-5-4(6(10,11)12)2(1-3(9)16-5)17-7(13,14)15/h1H. The normalized spacial score (nSPS) is 12.7. The first-order valence-electron chi connectivity index (χ1n) is 3.69. The minimum absolute atomic E-state index is 0.151. The van der Waals surface area contributed by atoms with Gasteiger partial charge in [0.2, 0.25) is 5.95 Å². The molecule has 17 heavy (non-hydrogen) atoms. The Morgan fingerprint density at radius 3 is 2.06 bits per heavy atom. The number of nitrogens with zero attached hydrogens (tertiary/aromatic N) is 1. The van der Waals surface area contributed by atoms with Gasteiger partial charge in [0.25, 0.3) is 0 Å². The minimum Gasteiger partial charge on any atom is -0.405 e. The molecule has 0 spiro atoms. The molecule has 0 radical (unpaired) electrons. The van der Waals surface area contributed by atoms with Crippen molar-refractivity contribution in [2.24, 2.45) is 0 Å². The Labute approximate surface area is 94.0 Å². The van der Waals surface area contributed by atoms with E-state index in [-0.39, 0.29) is 6.07 Å². The summed E-state index contributed by atoms with van der Waals surface area (Å²) in [6.45, 7) is 0. The predicted octanol–water partition coefficient (Wildman–Crippen LogP) is 3.79. The second-order valence-corrected chi connectivity index (χ2v) is 3.01. The third kappa shape index (κ3) is 3.62. The van der Waals surface area contributed by atoms with Crippen molar-refractivity contribution in [1.82, 2.24) is 4.98 Å². The second kappa shape index (κ2) is 4.21. The molecule has 0 unspecified atom stereocenters. The van der Waals surface area contributed by atoms with Crippen LogP contribution in [0.2, 0.25) is 5.15 Å². The van der Waals surface area contributed by atoms with Crippen molar-refractivity contribution in [2.75, 3.05) is 0 Å². The van der Waals surface area contributed by atoms with Gasteiger partial charge in [-0.05, 0) is 0 Å². The van der Waals surface area contributed by atoms with Crippen LogP contribution in [0.1, 0.15) is 5.56 Å². The summed E-state index contributed by atoms with van der Waals surface area (Å²) in [6, 6.07) is -0.151. The van der Waals surface area contributed by atoms with Gasteiger partial charge in [0.1, 0.15) is 16.5 Å². The fourth-order valence-electron chi connectivity index (χ4n) is 0.926. The molecule has 0 atom stereocenters. The first-order chi connectivity index (χ1) is 7.50. The van der Waals surface area contributed by atoms with E-state index in [1.807, 2.05) is 0 Å². The van der Waals surface area contributed by atoms with Crippen molar-refractivity contribution in [3.05, 3.63) is 22.7 Å². The zero-order valence-electron chi connectivity index (χ0n) is 7.46. The minimum atomic E-state index is -5.41. The van der Waals surface area contributed by atoms with Crippen LogP contribution in [-0.4, -0.2) is 11.3 Å². The molecular formula is C7HClF7NO. The molecule has 1 rings (SSSR count). The molecule has 0 N–H and O–H groups in total. The molecule has 0 aliphatic carbocycles. The first-order valence-corrected chi connectivity index (χ1v) is 4.07. The van der Waals surface area contributed by atoms with Crippen molar-refractivity contribution in [3.63, 3.8) is 0 Å². The zero-order chi connectivity index (χ0) is 13.4. The summed E-state index contributed by atoms with van der Waals surface area (Å²) in [4.78, 5) is 2.56. The van der Waals surface area contributed by atoms with Crippen LogP contribution >= 0.6 is 11.6 Å². The molecule has 0 fully saturated rings. The number of hydrogen-bond acceptors (Lipinski definition) is 2. The predicted molar refractivity (Wildman–Crippen MR) is 40.9 cm³/mol. The summed E-state index contributed by atoms with van der Waals surface area (Å²) in [7, 11) is 0. The largest absolute Gasteiger partial charge is 0.573 e. The molecule has 0 amide bonds. The zero-order valence-corrected chi connectivity index (χ0v) is 8.21. The lowest BCUT2D eigenvalue weighted by Crippen LogP contribution is -2.21. The lowest BCUT2D eigenvalue weighted by atomic mass is 10.2. The first kappa shape index (κ1) is 13.8. The molecule has 0 saturated carbocycles. The van der Waals surface area contributed by atoms with E-state index >= 15 is 0 Å². The Morgan fingerprint density at radius 1 is 1.12 bits per heavy atom. The van der Waals surface area contributed by atoms with Crippen LogP contribution in [0.4, 0.5) is 30.7 Å². The highest BCUT2D eigenvalue weighted by Crippen LogP contribution is 2.41. The van der Waals surface area contributed by atoms with E-state index < -0.39 is 35.0 Å². The molecule has 1 aromatic rings. The van der Waals surface area contributed by atoms with E-state index in [0.29, 0.717) is 0 Å². The topological polar surface area (TPSA) is 22.1 Å². The summed E-state index contributed by atoms with van der Waals surface area (Å²) in [5, 5.41) is -1.46. The fraction of sp³-hybridized carbons (Fsp3) is 0.286. The van der Waals surface area contributed by atoms with E-state index in [9.17, 15) is 30.7 Å². The van der Waals surface area contributed by atoms with Gasteiger partial charge in [0, 0.05) is 6.07 Å². The third-order valence-corrected chi connectivity index (χ3v) is 1.69. The molecular weight excluding hydrogens is 283 g/mol. The van der Waals surface area contributed by atoms with Crippen molar-refractivity contribution in [1.29, 1.82) is 0 Å².